The molecule has 28 heavy (non-hydrogen) atoms. The highest BCUT2D eigenvalue weighted by atomic mass is 35.5. The normalized spacial score (nSPS) is 14.6. The molecule has 1 heterocycles. The topological polar surface area (TPSA) is 59.0 Å². The summed E-state index contributed by atoms with van der Waals surface area (Å²) in [6, 6.07) is 20.0. The minimum absolute atomic E-state index is 0.0810. The molecule has 1 saturated carbocycles. The molecule has 1 aliphatic rings. The van der Waals surface area contributed by atoms with Crippen molar-refractivity contribution in [2.75, 3.05) is 11.9 Å². The molecule has 6 heteroatoms. The van der Waals surface area contributed by atoms with Crippen LogP contribution >= 0.6 is 11.6 Å². The van der Waals surface area contributed by atoms with Gasteiger partial charge in [-0.2, -0.15) is 5.10 Å². The number of hydrogen-bond donors (Lipinski definition) is 2. The highest BCUT2D eigenvalue weighted by Gasteiger charge is 2.32. The van der Waals surface area contributed by atoms with Gasteiger partial charge in [-0.15, -0.1) is 0 Å². The Morgan fingerprint density at radius 3 is 2.61 bits per heavy atom. The Kier molecular flexibility index (Phi) is 5.74. The largest absolute Gasteiger partial charge is 0.310 e. The molecule has 4 rings (SSSR count). The molecule has 1 unspecified atom stereocenters. The van der Waals surface area contributed by atoms with E-state index in [1.807, 2.05) is 42.5 Å². The third kappa shape index (κ3) is 4.61. The summed E-state index contributed by atoms with van der Waals surface area (Å²) < 4.78 is 1.74. The van der Waals surface area contributed by atoms with Crippen molar-refractivity contribution in [1.29, 1.82) is 0 Å². The second kappa shape index (κ2) is 8.59. The summed E-state index contributed by atoms with van der Waals surface area (Å²) in [6.45, 7) is 0.762. The maximum atomic E-state index is 12.5. The van der Waals surface area contributed by atoms with Gasteiger partial charge in [0.15, 0.2) is 0 Å². The number of hydrogen-bond acceptors (Lipinski definition) is 3. The first-order valence-corrected chi connectivity index (χ1v) is 9.92. The quantitative estimate of drug-likeness (QED) is 0.600. The van der Waals surface area contributed by atoms with E-state index in [1.165, 1.54) is 18.4 Å². The molecule has 2 aromatic carbocycles. The lowest BCUT2D eigenvalue weighted by Crippen LogP contribution is -2.32. The molecule has 0 aliphatic heterocycles. The van der Waals surface area contributed by atoms with Gasteiger partial charge in [0.1, 0.15) is 5.82 Å². The second-order valence-corrected chi connectivity index (χ2v) is 7.53. The van der Waals surface area contributed by atoms with Gasteiger partial charge in [0.05, 0.1) is 19.3 Å². The van der Waals surface area contributed by atoms with E-state index in [9.17, 15) is 4.79 Å². The van der Waals surface area contributed by atoms with Gasteiger partial charge in [0.2, 0.25) is 5.91 Å². The van der Waals surface area contributed by atoms with E-state index in [1.54, 1.807) is 16.9 Å². The first kappa shape index (κ1) is 18.7. The minimum Gasteiger partial charge on any atom is -0.310 e. The van der Waals surface area contributed by atoms with E-state index < -0.39 is 0 Å². The van der Waals surface area contributed by atoms with Gasteiger partial charge >= 0.3 is 0 Å². The van der Waals surface area contributed by atoms with Gasteiger partial charge in [-0.3, -0.25) is 4.79 Å². The molecular formula is C22H23ClN4O. The maximum Gasteiger partial charge on any atom is 0.239 e. The fourth-order valence-corrected chi connectivity index (χ4v) is 3.58. The first-order valence-electron chi connectivity index (χ1n) is 9.54. The minimum atomic E-state index is -0.0810. The van der Waals surface area contributed by atoms with Gasteiger partial charge in [0, 0.05) is 17.1 Å². The average Bonchev–Trinajstić information content (AvgIpc) is 3.46. The molecule has 1 fully saturated rings. The zero-order chi connectivity index (χ0) is 19.3. The van der Waals surface area contributed by atoms with Crippen LogP contribution in [0.5, 0.6) is 0 Å². The molecule has 1 amide bonds. The summed E-state index contributed by atoms with van der Waals surface area (Å²) in [4.78, 5) is 12.5. The number of halogens is 1. The van der Waals surface area contributed by atoms with Gasteiger partial charge in [-0.05, 0) is 36.0 Å². The Bertz CT molecular complexity index is 936. The van der Waals surface area contributed by atoms with Crippen LogP contribution in [-0.4, -0.2) is 22.2 Å². The number of anilines is 1. The van der Waals surface area contributed by atoms with E-state index in [0.717, 1.165) is 5.56 Å². The van der Waals surface area contributed by atoms with Crippen LogP contribution in [0.25, 0.3) is 0 Å². The van der Waals surface area contributed by atoms with Crippen molar-refractivity contribution in [1.82, 2.24) is 15.1 Å². The Hall–Kier alpha value is -2.63. The van der Waals surface area contributed by atoms with Crippen molar-refractivity contribution < 1.29 is 4.79 Å². The summed E-state index contributed by atoms with van der Waals surface area (Å²) in [5.41, 5.74) is 2.20. The lowest BCUT2D eigenvalue weighted by atomic mass is 10.0. The second-order valence-electron chi connectivity index (χ2n) is 7.12. The van der Waals surface area contributed by atoms with Crippen molar-refractivity contribution in [2.24, 2.45) is 5.92 Å². The Morgan fingerprint density at radius 1 is 1.11 bits per heavy atom. The number of amides is 1. The summed E-state index contributed by atoms with van der Waals surface area (Å²) in [6.07, 6.45) is 4.09. The third-order valence-electron chi connectivity index (χ3n) is 5.00. The highest BCUT2D eigenvalue weighted by Crippen LogP contribution is 2.40. The monoisotopic (exact) mass is 394 g/mol. The number of carbonyl (C=O) groups is 1. The molecule has 2 N–H and O–H groups in total. The Balaban J connectivity index is 1.37. The Morgan fingerprint density at radius 2 is 1.86 bits per heavy atom. The average molecular weight is 395 g/mol. The van der Waals surface area contributed by atoms with Crippen LogP contribution in [0.4, 0.5) is 5.82 Å². The Labute approximate surface area is 169 Å². The van der Waals surface area contributed by atoms with Crippen molar-refractivity contribution >= 4 is 23.3 Å². The van der Waals surface area contributed by atoms with E-state index in [4.69, 9.17) is 11.6 Å². The van der Waals surface area contributed by atoms with Gasteiger partial charge < -0.3 is 10.6 Å². The highest BCUT2D eigenvalue weighted by molar-refractivity contribution is 6.31. The molecule has 0 saturated heterocycles. The fourth-order valence-electron chi connectivity index (χ4n) is 3.39. The lowest BCUT2D eigenvalue weighted by molar-refractivity contribution is -0.115. The number of carbonyl (C=O) groups excluding carboxylic acids is 1. The molecule has 0 bridgehead atoms. The lowest BCUT2D eigenvalue weighted by Gasteiger charge is -2.18. The molecule has 3 aromatic rings. The zero-order valence-corrected chi connectivity index (χ0v) is 16.3. The molecule has 144 valence electrons. The van der Waals surface area contributed by atoms with E-state index in [0.29, 0.717) is 23.3 Å². The van der Waals surface area contributed by atoms with Gasteiger partial charge in [0.25, 0.3) is 0 Å². The summed E-state index contributed by atoms with van der Waals surface area (Å²) in [7, 11) is 0. The van der Waals surface area contributed by atoms with Crippen LogP contribution < -0.4 is 10.6 Å². The van der Waals surface area contributed by atoms with Crippen molar-refractivity contribution in [3.8, 4) is 0 Å². The SMILES string of the molecule is O=C(CNC(c1ccccc1)C1CC1)Nc1ccnn1Cc1ccccc1Cl. The van der Waals surface area contributed by atoms with Gasteiger partial charge in [-0.1, -0.05) is 60.1 Å². The molecule has 1 aromatic heterocycles. The number of nitrogens with zero attached hydrogens (tertiary/aromatic N) is 2. The van der Waals surface area contributed by atoms with Crippen molar-refractivity contribution in [3.05, 3.63) is 83.0 Å². The number of benzene rings is 2. The maximum absolute atomic E-state index is 12.5. The number of rotatable bonds is 8. The predicted octanol–water partition coefficient (Wildman–Crippen LogP) is 4.26. The number of aromatic nitrogens is 2. The van der Waals surface area contributed by atoms with E-state index in [2.05, 4.69) is 27.9 Å². The summed E-state index contributed by atoms with van der Waals surface area (Å²) >= 11 is 6.24. The molecule has 5 nitrogen and oxygen atoms in total. The van der Waals surface area contributed by atoms with Crippen LogP contribution in [0.1, 0.15) is 30.0 Å². The van der Waals surface area contributed by atoms with E-state index in [-0.39, 0.29) is 18.5 Å². The summed E-state index contributed by atoms with van der Waals surface area (Å²) in [5.74, 6) is 1.19. The zero-order valence-electron chi connectivity index (χ0n) is 15.5. The molecule has 0 spiro atoms. The fraction of sp³-hybridized carbons (Fsp3) is 0.273. The van der Waals surface area contributed by atoms with Crippen LogP contribution in [-0.2, 0) is 11.3 Å². The standard InChI is InChI=1S/C22H23ClN4O/c23-19-9-5-4-8-18(19)15-27-20(12-13-25-27)26-21(28)14-24-22(17-10-11-17)16-6-2-1-3-7-16/h1-9,12-13,17,22,24H,10-11,14-15H2,(H,26,28). The van der Waals surface area contributed by atoms with Crippen LogP contribution in [0, 0.1) is 5.92 Å². The molecule has 1 atom stereocenters. The van der Waals surface area contributed by atoms with E-state index >= 15 is 0 Å². The summed E-state index contributed by atoms with van der Waals surface area (Å²) in [5, 5.41) is 11.4. The van der Waals surface area contributed by atoms with Crippen molar-refractivity contribution in [2.45, 2.75) is 25.4 Å². The smallest absolute Gasteiger partial charge is 0.239 e. The first-order chi connectivity index (χ1) is 13.7. The van der Waals surface area contributed by atoms with Crippen LogP contribution in [0.2, 0.25) is 5.02 Å². The van der Waals surface area contributed by atoms with Crippen LogP contribution in [0.15, 0.2) is 66.9 Å². The van der Waals surface area contributed by atoms with Crippen molar-refractivity contribution in [3.63, 3.8) is 0 Å². The molecule has 1 aliphatic carbocycles. The number of nitrogens with one attached hydrogen (secondary N) is 2. The predicted molar refractivity (Wildman–Crippen MR) is 111 cm³/mol. The molecule has 0 radical (unpaired) electrons. The van der Waals surface area contributed by atoms with Gasteiger partial charge in [-0.25, -0.2) is 4.68 Å². The third-order valence-corrected chi connectivity index (χ3v) is 5.37. The molecular weight excluding hydrogens is 372 g/mol. The van der Waals surface area contributed by atoms with Crippen LogP contribution in [0.3, 0.4) is 0 Å².